The summed E-state index contributed by atoms with van der Waals surface area (Å²) >= 11 is 0. The van der Waals surface area contributed by atoms with Gasteiger partial charge in [-0.15, -0.1) is 0 Å². The zero-order valence-corrected chi connectivity index (χ0v) is 7.12. The van der Waals surface area contributed by atoms with Crippen LogP contribution in [0.1, 0.15) is 5.56 Å². The number of rotatable bonds is 2. The Morgan fingerprint density at radius 1 is 1.40 bits per heavy atom. The lowest BCUT2D eigenvalue weighted by Gasteiger charge is -2.10. The summed E-state index contributed by atoms with van der Waals surface area (Å²) in [5, 5.41) is 10.2. The molecule has 1 aromatic rings. The van der Waals surface area contributed by atoms with Gasteiger partial charge in [-0.05, 0) is 6.07 Å². The summed E-state index contributed by atoms with van der Waals surface area (Å²) in [7, 11) is 0. The number of nitro groups is 1. The Hall–Kier alpha value is -1.83. The normalized spacial score (nSPS) is 11.2. The molecule has 8 heteroatoms. The number of nitro benzene ring substituents is 1. The highest BCUT2D eigenvalue weighted by molar-refractivity contribution is 5.45. The summed E-state index contributed by atoms with van der Waals surface area (Å²) in [5.41, 5.74) is -1.96. The molecule has 0 aliphatic heterocycles. The number of hydrogen-bond acceptors (Lipinski definition) is 4. The van der Waals surface area contributed by atoms with Gasteiger partial charge in [-0.1, -0.05) is 0 Å². The van der Waals surface area contributed by atoms with Crippen molar-refractivity contribution in [2.75, 3.05) is 0 Å². The number of benzene rings is 1. The highest BCUT2D eigenvalue weighted by Crippen LogP contribution is 2.37. The second-order valence-corrected chi connectivity index (χ2v) is 2.55. The fourth-order valence-corrected chi connectivity index (χ4v) is 0.956. The standard InChI is InChI=1S/C7H5F3N2O3/c8-7(9,10)5-3-4(12(13)14)1-2-6(5)15-11/h1-3H,11H2. The molecule has 0 radical (unpaired) electrons. The van der Waals surface area contributed by atoms with Gasteiger partial charge in [0.2, 0.25) is 0 Å². The maximum Gasteiger partial charge on any atom is 0.420 e. The summed E-state index contributed by atoms with van der Waals surface area (Å²) in [4.78, 5) is 13.3. The van der Waals surface area contributed by atoms with E-state index in [1.807, 2.05) is 0 Å². The van der Waals surface area contributed by atoms with E-state index in [1.54, 1.807) is 0 Å². The minimum absolute atomic E-state index is 0.363. The van der Waals surface area contributed by atoms with E-state index in [9.17, 15) is 23.3 Å². The topological polar surface area (TPSA) is 78.4 Å². The third-order valence-electron chi connectivity index (χ3n) is 1.61. The van der Waals surface area contributed by atoms with E-state index in [0.717, 1.165) is 12.1 Å². The average Bonchev–Trinajstić information content (AvgIpc) is 2.15. The molecule has 0 aromatic heterocycles. The Labute approximate surface area is 81.4 Å². The third-order valence-corrected chi connectivity index (χ3v) is 1.61. The molecule has 0 spiro atoms. The molecule has 0 aliphatic carbocycles. The molecule has 0 saturated carbocycles. The second-order valence-electron chi connectivity index (χ2n) is 2.55. The molecule has 0 fully saturated rings. The van der Waals surface area contributed by atoms with Gasteiger partial charge in [-0.3, -0.25) is 10.1 Å². The van der Waals surface area contributed by atoms with Gasteiger partial charge in [0.15, 0.2) is 5.75 Å². The van der Waals surface area contributed by atoms with Crippen LogP contribution in [0.3, 0.4) is 0 Å². The zero-order chi connectivity index (χ0) is 11.6. The Bertz CT molecular complexity index is 392. The molecule has 1 rings (SSSR count). The van der Waals surface area contributed by atoms with E-state index in [2.05, 4.69) is 10.7 Å². The smallest absolute Gasteiger partial charge is 0.411 e. The van der Waals surface area contributed by atoms with E-state index in [4.69, 9.17) is 0 Å². The van der Waals surface area contributed by atoms with Crippen LogP contribution < -0.4 is 10.7 Å². The molecule has 1 aromatic carbocycles. The number of halogens is 3. The minimum Gasteiger partial charge on any atom is -0.411 e. The van der Waals surface area contributed by atoms with E-state index in [-0.39, 0.29) is 0 Å². The largest absolute Gasteiger partial charge is 0.420 e. The van der Waals surface area contributed by atoms with Crippen LogP contribution in [0.25, 0.3) is 0 Å². The highest BCUT2D eigenvalue weighted by Gasteiger charge is 2.36. The van der Waals surface area contributed by atoms with Crippen molar-refractivity contribution in [1.29, 1.82) is 0 Å². The first-order chi connectivity index (χ1) is 6.86. The van der Waals surface area contributed by atoms with Crippen LogP contribution in [0, 0.1) is 10.1 Å². The second kappa shape index (κ2) is 3.73. The SMILES string of the molecule is NOc1ccc([N+](=O)[O-])cc1C(F)(F)F. The Morgan fingerprint density at radius 3 is 2.40 bits per heavy atom. The first-order valence-corrected chi connectivity index (χ1v) is 3.58. The molecule has 0 bridgehead atoms. The lowest BCUT2D eigenvalue weighted by atomic mass is 10.1. The predicted molar refractivity (Wildman–Crippen MR) is 42.9 cm³/mol. The lowest BCUT2D eigenvalue weighted by Crippen LogP contribution is -2.12. The molecular formula is C7H5F3N2O3. The van der Waals surface area contributed by atoms with Crippen molar-refractivity contribution in [1.82, 2.24) is 0 Å². The average molecular weight is 222 g/mol. The lowest BCUT2D eigenvalue weighted by molar-refractivity contribution is -0.385. The zero-order valence-electron chi connectivity index (χ0n) is 7.12. The molecule has 0 aliphatic rings. The van der Waals surface area contributed by atoms with Crippen LogP contribution in [0.2, 0.25) is 0 Å². The van der Waals surface area contributed by atoms with Gasteiger partial charge < -0.3 is 4.84 Å². The fourth-order valence-electron chi connectivity index (χ4n) is 0.956. The van der Waals surface area contributed by atoms with E-state index in [0.29, 0.717) is 6.07 Å². The van der Waals surface area contributed by atoms with E-state index < -0.39 is 28.1 Å². The van der Waals surface area contributed by atoms with Crippen LogP contribution >= 0.6 is 0 Å². The summed E-state index contributed by atoms with van der Waals surface area (Å²) in [6, 6.07) is 2.03. The predicted octanol–water partition coefficient (Wildman–Crippen LogP) is 1.87. The summed E-state index contributed by atoms with van der Waals surface area (Å²) in [6.07, 6.45) is -4.75. The number of nitrogens with zero attached hydrogens (tertiary/aromatic N) is 1. The summed E-state index contributed by atoms with van der Waals surface area (Å²) in [5.74, 6) is 3.94. The maximum atomic E-state index is 12.3. The van der Waals surface area contributed by atoms with Gasteiger partial charge in [0.05, 0.1) is 4.92 Å². The number of nitrogens with two attached hydrogens (primary N) is 1. The molecule has 0 atom stereocenters. The molecule has 15 heavy (non-hydrogen) atoms. The Balaban J connectivity index is 3.32. The van der Waals surface area contributed by atoms with Crippen LogP contribution in [0.5, 0.6) is 5.75 Å². The monoisotopic (exact) mass is 222 g/mol. The van der Waals surface area contributed by atoms with Gasteiger partial charge in [0.25, 0.3) is 5.69 Å². The van der Waals surface area contributed by atoms with Crippen molar-refractivity contribution in [2.24, 2.45) is 5.90 Å². The van der Waals surface area contributed by atoms with Gasteiger partial charge in [-0.25, -0.2) is 0 Å². The minimum atomic E-state index is -4.75. The van der Waals surface area contributed by atoms with Crippen molar-refractivity contribution >= 4 is 5.69 Å². The molecule has 82 valence electrons. The quantitative estimate of drug-likeness (QED) is 0.611. The molecule has 0 saturated heterocycles. The van der Waals surface area contributed by atoms with E-state index >= 15 is 0 Å². The van der Waals surface area contributed by atoms with Crippen molar-refractivity contribution in [3.8, 4) is 5.75 Å². The number of alkyl halides is 3. The van der Waals surface area contributed by atoms with Gasteiger partial charge >= 0.3 is 6.18 Å². The number of non-ortho nitro benzene ring substituents is 1. The number of hydrogen-bond donors (Lipinski definition) is 1. The van der Waals surface area contributed by atoms with Crippen molar-refractivity contribution in [3.63, 3.8) is 0 Å². The molecule has 0 unspecified atom stereocenters. The first-order valence-electron chi connectivity index (χ1n) is 3.58. The van der Waals surface area contributed by atoms with Gasteiger partial charge in [0.1, 0.15) is 5.56 Å². The highest BCUT2D eigenvalue weighted by atomic mass is 19.4. The molecule has 0 amide bonds. The van der Waals surface area contributed by atoms with Crippen LogP contribution in [-0.4, -0.2) is 4.92 Å². The fraction of sp³-hybridized carbons (Fsp3) is 0.143. The van der Waals surface area contributed by atoms with Gasteiger partial charge in [-0.2, -0.15) is 19.1 Å². The molecule has 5 nitrogen and oxygen atoms in total. The van der Waals surface area contributed by atoms with E-state index in [1.165, 1.54) is 0 Å². The summed E-state index contributed by atoms with van der Waals surface area (Å²) in [6.45, 7) is 0. The molecule has 0 heterocycles. The van der Waals surface area contributed by atoms with Crippen LogP contribution in [0.4, 0.5) is 18.9 Å². The van der Waals surface area contributed by atoms with Gasteiger partial charge in [0, 0.05) is 12.1 Å². The Morgan fingerprint density at radius 2 is 2.00 bits per heavy atom. The van der Waals surface area contributed by atoms with Crippen molar-refractivity contribution < 1.29 is 22.9 Å². The maximum absolute atomic E-state index is 12.3. The van der Waals surface area contributed by atoms with Crippen LogP contribution in [-0.2, 0) is 6.18 Å². The third kappa shape index (κ3) is 2.34. The summed E-state index contributed by atoms with van der Waals surface area (Å²) < 4.78 is 37.0. The van der Waals surface area contributed by atoms with Crippen molar-refractivity contribution in [3.05, 3.63) is 33.9 Å². The van der Waals surface area contributed by atoms with Crippen LogP contribution in [0.15, 0.2) is 18.2 Å². The first kappa shape index (κ1) is 11.2. The van der Waals surface area contributed by atoms with Crippen molar-refractivity contribution in [2.45, 2.75) is 6.18 Å². The molecular weight excluding hydrogens is 217 g/mol. The molecule has 2 N–H and O–H groups in total. The Kier molecular flexibility index (Phi) is 2.80.